The average Bonchev–Trinajstić information content (AvgIpc) is 2.31. The maximum absolute atomic E-state index is 12.5. The molecule has 1 amide bonds. The first-order valence-electron chi connectivity index (χ1n) is 5.07. The van der Waals surface area contributed by atoms with Crippen LogP contribution in [0.3, 0.4) is 0 Å². The number of nitrogens with one attached hydrogen (secondary N) is 1. The summed E-state index contributed by atoms with van der Waals surface area (Å²) in [6, 6.07) is 5.80. The molecule has 4 nitrogen and oxygen atoms in total. The smallest absolute Gasteiger partial charge is 0.233 e. The highest BCUT2D eigenvalue weighted by molar-refractivity contribution is 5.77. The quantitative estimate of drug-likeness (QED) is 0.701. The number of ether oxygens (including phenoxy) is 1. The molecule has 5 heteroatoms. The molecular formula is C11H15FN2O2. The third-order valence-electron chi connectivity index (χ3n) is 1.91. The summed E-state index contributed by atoms with van der Waals surface area (Å²) in [5, 5.41) is 2.62. The van der Waals surface area contributed by atoms with Crippen LogP contribution in [0.4, 0.5) is 4.39 Å². The van der Waals surface area contributed by atoms with E-state index in [1.54, 1.807) is 12.1 Å². The molecule has 0 fully saturated rings. The Bertz CT molecular complexity index is 327. The molecule has 0 saturated heterocycles. The first-order chi connectivity index (χ1) is 7.72. The monoisotopic (exact) mass is 226 g/mol. The number of halogens is 1. The summed E-state index contributed by atoms with van der Waals surface area (Å²) in [6.07, 6.45) is 0.684. The first-order valence-corrected chi connectivity index (χ1v) is 5.07. The van der Waals surface area contributed by atoms with Crippen LogP contribution in [0.25, 0.3) is 0 Å². The number of hydrogen-bond acceptors (Lipinski definition) is 3. The lowest BCUT2D eigenvalue weighted by atomic mass is 10.3. The van der Waals surface area contributed by atoms with Gasteiger partial charge in [0.05, 0.1) is 13.2 Å². The SMILES string of the molecule is NCC(=O)NCCCOc1ccc(F)cc1. The van der Waals surface area contributed by atoms with Crippen molar-refractivity contribution in [2.45, 2.75) is 6.42 Å². The lowest BCUT2D eigenvalue weighted by Crippen LogP contribution is -2.31. The summed E-state index contributed by atoms with van der Waals surface area (Å²) >= 11 is 0. The largest absolute Gasteiger partial charge is 0.494 e. The van der Waals surface area contributed by atoms with Crippen LogP contribution < -0.4 is 15.8 Å². The van der Waals surface area contributed by atoms with Gasteiger partial charge in [0.15, 0.2) is 0 Å². The highest BCUT2D eigenvalue weighted by Crippen LogP contribution is 2.10. The predicted molar refractivity (Wildman–Crippen MR) is 58.6 cm³/mol. The maximum atomic E-state index is 12.5. The molecule has 1 rings (SSSR count). The maximum Gasteiger partial charge on any atom is 0.233 e. The predicted octanol–water partition coefficient (Wildman–Crippen LogP) is 0.669. The molecule has 1 aromatic rings. The molecule has 0 aliphatic carbocycles. The van der Waals surface area contributed by atoms with Gasteiger partial charge in [0.25, 0.3) is 0 Å². The van der Waals surface area contributed by atoms with E-state index in [-0.39, 0.29) is 18.3 Å². The van der Waals surface area contributed by atoms with Crippen molar-refractivity contribution in [3.8, 4) is 5.75 Å². The Kier molecular flexibility index (Phi) is 5.28. The van der Waals surface area contributed by atoms with Gasteiger partial charge in [-0.05, 0) is 30.7 Å². The number of nitrogens with two attached hydrogens (primary N) is 1. The molecule has 0 aliphatic rings. The summed E-state index contributed by atoms with van der Waals surface area (Å²) in [5.74, 6) is 0.149. The van der Waals surface area contributed by atoms with E-state index in [4.69, 9.17) is 10.5 Å². The fraction of sp³-hybridized carbons (Fsp3) is 0.364. The number of benzene rings is 1. The third kappa shape index (κ3) is 4.75. The van der Waals surface area contributed by atoms with Gasteiger partial charge in [-0.3, -0.25) is 4.79 Å². The second-order valence-electron chi connectivity index (χ2n) is 3.21. The zero-order chi connectivity index (χ0) is 11.8. The number of hydrogen-bond donors (Lipinski definition) is 2. The molecule has 0 aliphatic heterocycles. The Morgan fingerprint density at radius 2 is 2.06 bits per heavy atom. The highest BCUT2D eigenvalue weighted by atomic mass is 19.1. The van der Waals surface area contributed by atoms with Gasteiger partial charge < -0.3 is 15.8 Å². The van der Waals surface area contributed by atoms with Gasteiger partial charge in [-0.15, -0.1) is 0 Å². The second kappa shape index (κ2) is 6.79. The molecule has 0 radical (unpaired) electrons. The minimum Gasteiger partial charge on any atom is -0.494 e. The van der Waals surface area contributed by atoms with Crippen molar-refractivity contribution in [1.29, 1.82) is 0 Å². The van der Waals surface area contributed by atoms with E-state index in [1.807, 2.05) is 0 Å². The second-order valence-corrected chi connectivity index (χ2v) is 3.21. The standard InChI is InChI=1S/C11H15FN2O2/c12-9-2-4-10(5-3-9)16-7-1-6-14-11(15)8-13/h2-5H,1,6-8,13H2,(H,14,15). The van der Waals surface area contributed by atoms with Crippen molar-refractivity contribution >= 4 is 5.91 Å². The van der Waals surface area contributed by atoms with Crippen LogP contribution in [0.5, 0.6) is 5.75 Å². The summed E-state index contributed by atoms with van der Waals surface area (Å²) in [6.45, 7) is 0.993. The minimum absolute atomic E-state index is 0.00117. The molecule has 0 atom stereocenters. The first kappa shape index (κ1) is 12.4. The zero-order valence-corrected chi connectivity index (χ0v) is 8.91. The molecule has 3 N–H and O–H groups in total. The van der Waals surface area contributed by atoms with Crippen LogP contribution in [0.15, 0.2) is 24.3 Å². The molecular weight excluding hydrogens is 211 g/mol. The Morgan fingerprint density at radius 1 is 1.38 bits per heavy atom. The number of rotatable bonds is 6. The van der Waals surface area contributed by atoms with Gasteiger partial charge in [0, 0.05) is 6.54 Å². The molecule has 0 bridgehead atoms. The Balaban J connectivity index is 2.11. The van der Waals surface area contributed by atoms with Crippen molar-refractivity contribution in [1.82, 2.24) is 5.32 Å². The molecule has 1 aromatic carbocycles. The zero-order valence-electron chi connectivity index (χ0n) is 8.91. The molecule has 0 saturated carbocycles. The van der Waals surface area contributed by atoms with E-state index in [0.29, 0.717) is 25.3 Å². The lowest BCUT2D eigenvalue weighted by molar-refractivity contribution is -0.119. The number of carbonyl (C=O) groups is 1. The summed E-state index contributed by atoms with van der Waals surface area (Å²) in [5.41, 5.74) is 5.11. The Labute approximate surface area is 93.6 Å². The molecule has 0 aromatic heterocycles. The number of carbonyl (C=O) groups excluding carboxylic acids is 1. The van der Waals surface area contributed by atoms with Crippen LogP contribution in [0.2, 0.25) is 0 Å². The lowest BCUT2D eigenvalue weighted by Gasteiger charge is -2.06. The topological polar surface area (TPSA) is 64.4 Å². The fourth-order valence-electron chi connectivity index (χ4n) is 1.09. The van der Waals surface area contributed by atoms with E-state index in [1.165, 1.54) is 12.1 Å². The van der Waals surface area contributed by atoms with E-state index >= 15 is 0 Å². The molecule has 16 heavy (non-hydrogen) atoms. The van der Waals surface area contributed by atoms with Crippen molar-refractivity contribution in [2.75, 3.05) is 19.7 Å². The van der Waals surface area contributed by atoms with Crippen LogP contribution >= 0.6 is 0 Å². The van der Waals surface area contributed by atoms with E-state index in [2.05, 4.69) is 5.32 Å². The van der Waals surface area contributed by atoms with Gasteiger partial charge in [-0.25, -0.2) is 4.39 Å². The highest BCUT2D eigenvalue weighted by Gasteiger charge is 1.97. The van der Waals surface area contributed by atoms with Crippen LogP contribution in [0.1, 0.15) is 6.42 Å². The summed E-state index contributed by atoms with van der Waals surface area (Å²) in [4.78, 5) is 10.8. The molecule has 88 valence electrons. The van der Waals surface area contributed by atoms with Crippen molar-refractivity contribution < 1.29 is 13.9 Å². The molecule has 0 heterocycles. The van der Waals surface area contributed by atoms with Gasteiger partial charge >= 0.3 is 0 Å². The Morgan fingerprint density at radius 3 is 2.69 bits per heavy atom. The minimum atomic E-state index is -0.289. The molecule has 0 spiro atoms. The van der Waals surface area contributed by atoms with Gasteiger partial charge in [-0.1, -0.05) is 0 Å². The third-order valence-corrected chi connectivity index (χ3v) is 1.91. The van der Waals surface area contributed by atoms with Crippen LogP contribution in [-0.4, -0.2) is 25.6 Å². The van der Waals surface area contributed by atoms with Gasteiger partial charge in [-0.2, -0.15) is 0 Å². The fourth-order valence-corrected chi connectivity index (χ4v) is 1.09. The summed E-state index contributed by atoms with van der Waals surface area (Å²) in [7, 11) is 0. The van der Waals surface area contributed by atoms with Gasteiger partial charge in [0.2, 0.25) is 5.91 Å². The van der Waals surface area contributed by atoms with Crippen LogP contribution in [-0.2, 0) is 4.79 Å². The van der Waals surface area contributed by atoms with Crippen molar-refractivity contribution in [2.24, 2.45) is 5.73 Å². The summed E-state index contributed by atoms with van der Waals surface area (Å²) < 4.78 is 17.9. The van der Waals surface area contributed by atoms with E-state index in [9.17, 15) is 9.18 Å². The van der Waals surface area contributed by atoms with Gasteiger partial charge in [0.1, 0.15) is 11.6 Å². The van der Waals surface area contributed by atoms with E-state index in [0.717, 1.165) is 0 Å². The average molecular weight is 226 g/mol. The normalized spacial score (nSPS) is 9.88. The van der Waals surface area contributed by atoms with Crippen molar-refractivity contribution in [3.63, 3.8) is 0 Å². The Hall–Kier alpha value is -1.62. The number of amides is 1. The molecule has 0 unspecified atom stereocenters. The van der Waals surface area contributed by atoms with Crippen molar-refractivity contribution in [3.05, 3.63) is 30.1 Å². The van der Waals surface area contributed by atoms with Crippen LogP contribution in [0, 0.1) is 5.82 Å². The van der Waals surface area contributed by atoms with E-state index < -0.39 is 0 Å².